The van der Waals surface area contributed by atoms with Gasteiger partial charge in [0.05, 0.1) is 23.4 Å². The first-order valence-electron chi connectivity index (χ1n) is 11.6. The smallest absolute Gasteiger partial charge is 0.431 e. The molecule has 2 aromatic heterocycles. The maximum Gasteiger partial charge on any atom is 0.431 e. The third-order valence-electron chi connectivity index (χ3n) is 6.50. The van der Waals surface area contributed by atoms with Crippen molar-refractivity contribution in [3.63, 3.8) is 0 Å². The average Bonchev–Trinajstić information content (AvgIpc) is 3.39. The van der Waals surface area contributed by atoms with Gasteiger partial charge in [0.1, 0.15) is 23.0 Å². The first kappa shape index (κ1) is 25.9. The molecule has 13 heteroatoms. The standard InChI is InChI=1S/C25H23F6N5O2/c1-12-33-34-22-24(2,3)32-15-11-17(38-23(27)28)19(20(26)21(15)36(12)22)13-6-5-7-16-14(13)10-18(25(29,30)31)35(16)8-9-37-4/h5-7,10-11,23,32H,8-9H2,1-4H3. The first-order valence-corrected chi connectivity index (χ1v) is 11.6. The molecule has 3 heterocycles. The third-order valence-corrected chi connectivity index (χ3v) is 6.50. The van der Waals surface area contributed by atoms with Crippen LogP contribution in [0.15, 0.2) is 30.3 Å². The van der Waals surface area contributed by atoms with Crippen LogP contribution in [-0.4, -0.2) is 39.7 Å². The number of hydrogen-bond acceptors (Lipinski definition) is 5. The molecule has 7 nitrogen and oxygen atoms in total. The molecule has 0 amide bonds. The van der Waals surface area contributed by atoms with Crippen molar-refractivity contribution in [1.29, 1.82) is 0 Å². The SMILES string of the molecule is COCCn1c(C(F)(F)F)cc2c(-c3c(OC(F)F)cc4c(c3F)-n3c(C)nnc3C(C)(C)N4)cccc21. The number of anilines is 1. The normalized spacial score (nSPS) is 14.5. The third kappa shape index (κ3) is 4.05. The van der Waals surface area contributed by atoms with Crippen LogP contribution in [0.4, 0.5) is 32.0 Å². The molecular weight excluding hydrogens is 516 g/mol. The number of rotatable bonds is 6. The van der Waals surface area contributed by atoms with E-state index in [9.17, 15) is 22.0 Å². The fourth-order valence-electron chi connectivity index (χ4n) is 4.96. The van der Waals surface area contributed by atoms with Crippen molar-refractivity contribution in [2.24, 2.45) is 0 Å². The second-order valence-electron chi connectivity index (χ2n) is 9.40. The van der Waals surface area contributed by atoms with Gasteiger partial charge in [0.2, 0.25) is 0 Å². The number of fused-ring (bicyclic) bond motifs is 4. The van der Waals surface area contributed by atoms with Crippen molar-refractivity contribution < 1.29 is 35.8 Å². The van der Waals surface area contributed by atoms with Gasteiger partial charge < -0.3 is 19.4 Å². The molecule has 0 radical (unpaired) electrons. The summed E-state index contributed by atoms with van der Waals surface area (Å²) < 4.78 is 97.6. The minimum Gasteiger partial charge on any atom is -0.434 e. The molecule has 38 heavy (non-hydrogen) atoms. The van der Waals surface area contributed by atoms with Crippen molar-refractivity contribution >= 4 is 16.6 Å². The van der Waals surface area contributed by atoms with Crippen LogP contribution >= 0.6 is 0 Å². The second kappa shape index (κ2) is 8.93. The first-order chi connectivity index (χ1) is 17.8. The Hall–Kier alpha value is -3.74. The number of ether oxygens (including phenoxy) is 2. The van der Waals surface area contributed by atoms with Gasteiger partial charge in [-0.3, -0.25) is 4.57 Å². The summed E-state index contributed by atoms with van der Waals surface area (Å²) in [6.45, 7) is 1.67. The fourth-order valence-corrected chi connectivity index (χ4v) is 4.96. The molecule has 0 bridgehead atoms. The predicted molar refractivity (Wildman–Crippen MR) is 127 cm³/mol. The quantitative estimate of drug-likeness (QED) is 0.293. The van der Waals surface area contributed by atoms with Crippen molar-refractivity contribution in [2.45, 2.75) is 45.6 Å². The lowest BCUT2D eigenvalue weighted by atomic mass is 9.95. The molecule has 0 saturated carbocycles. The molecule has 1 aliphatic heterocycles. The topological polar surface area (TPSA) is 66.1 Å². The largest absolute Gasteiger partial charge is 0.434 e. The van der Waals surface area contributed by atoms with E-state index in [0.29, 0.717) is 11.6 Å². The van der Waals surface area contributed by atoms with Gasteiger partial charge in [-0.05, 0) is 38.5 Å². The number of benzene rings is 2. The van der Waals surface area contributed by atoms with Crippen LogP contribution in [0, 0.1) is 12.7 Å². The number of aromatic nitrogens is 4. The summed E-state index contributed by atoms with van der Waals surface area (Å²) in [7, 11) is 1.36. The lowest BCUT2D eigenvalue weighted by Gasteiger charge is -2.34. The van der Waals surface area contributed by atoms with Crippen molar-refractivity contribution in [1.82, 2.24) is 19.3 Å². The van der Waals surface area contributed by atoms with Crippen molar-refractivity contribution in [3.8, 4) is 22.6 Å². The van der Waals surface area contributed by atoms with Gasteiger partial charge in [0, 0.05) is 30.6 Å². The summed E-state index contributed by atoms with van der Waals surface area (Å²) in [5.74, 6) is -0.792. The van der Waals surface area contributed by atoms with Crippen LogP contribution in [0.5, 0.6) is 5.75 Å². The Kier molecular flexibility index (Phi) is 6.08. The van der Waals surface area contributed by atoms with Gasteiger partial charge in [-0.1, -0.05) is 12.1 Å². The molecule has 2 aromatic carbocycles. The van der Waals surface area contributed by atoms with Gasteiger partial charge in [0.25, 0.3) is 0 Å². The van der Waals surface area contributed by atoms with Crippen LogP contribution in [-0.2, 0) is 23.0 Å². The Morgan fingerprint density at radius 1 is 1.13 bits per heavy atom. The van der Waals surface area contributed by atoms with E-state index in [2.05, 4.69) is 15.5 Å². The number of methoxy groups -OCH3 is 1. The summed E-state index contributed by atoms with van der Waals surface area (Å²) in [5, 5.41) is 11.3. The van der Waals surface area contributed by atoms with E-state index >= 15 is 4.39 Å². The Balaban J connectivity index is 1.85. The minimum absolute atomic E-state index is 0.0127. The lowest BCUT2D eigenvalue weighted by molar-refractivity contribution is -0.143. The summed E-state index contributed by atoms with van der Waals surface area (Å²) >= 11 is 0. The molecule has 4 aromatic rings. The molecule has 0 atom stereocenters. The molecule has 0 spiro atoms. The Labute approximate surface area is 213 Å². The van der Waals surface area contributed by atoms with E-state index in [-0.39, 0.29) is 41.0 Å². The van der Waals surface area contributed by atoms with E-state index < -0.39 is 41.2 Å². The van der Waals surface area contributed by atoms with E-state index in [1.165, 1.54) is 35.9 Å². The Morgan fingerprint density at radius 3 is 2.53 bits per heavy atom. The molecule has 1 aliphatic rings. The monoisotopic (exact) mass is 539 g/mol. The van der Waals surface area contributed by atoms with Gasteiger partial charge >= 0.3 is 12.8 Å². The van der Waals surface area contributed by atoms with Crippen molar-refractivity contribution in [3.05, 3.63) is 53.5 Å². The maximum absolute atomic E-state index is 16.5. The highest BCUT2D eigenvalue weighted by atomic mass is 19.4. The predicted octanol–water partition coefficient (Wildman–Crippen LogP) is 6.26. The van der Waals surface area contributed by atoms with Gasteiger partial charge in [-0.2, -0.15) is 22.0 Å². The zero-order chi connectivity index (χ0) is 27.6. The molecular formula is C25H23F6N5O2. The summed E-state index contributed by atoms with van der Waals surface area (Å²) in [6, 6.07) is 6.34. The number of nitrogens with zero attached hydrogens (tertiary/aromatic N) is 4. The molecule has 0 saturated heterocycles. The van der Waals surface area contributed by atoms with Crippen molar-refractivity contribution in [2.75, 3.05) is 19.0 Å². The Morgan fingerprint density at radius 2 is 1.87 bits per heavy atom. The molecule has 0 fully saturated rings. The van der Waals surface area contributed by atoms with E-state index in [1.807, 2.05) is 0 Å². The number of nitrogens with one attached hydrogen (secondary N) is 1. The number of hydrogen-bond donors (Lipinski definition) is 1. The Bertz CT molecular complexity index is 1540. The molecule has 202 valence electrons. The second-order valence-corrected chi connectivity index (χ2v) is 9.40. The zero-order valence-electron chi connectivity index (χ0n) is 20.8. The van der Waals surface area contributed by atoms with Crippen LogP contribution in [0.2, 0.25) is 0 Å². The van der Waals surface area contributed by atoms with Gasteiger partial charge in [0.15, 0.2) is 11.6 Å². The maximum atomic E-state index is 16.5. The van der Waals surface area contributed by atoms with Crippen LogP contribution < -0.4 is 10.1 Å². The zero-order valence-corrected chi connectivity index (χ0v) is 20.8. The highest BCUT2D eigenvalue weighted by molar-refractivity contribution is 5.99. The van der Waals surface area contributed by atoms with E-state index in [0.717, 1.165) is 10.6 Å². The summed E-state index contributed by atoms with van der Waals surface area (Å²) in [4.78, 5) is 0. The van der Waals surface area contributed by atoms with Gasteiger partial charge in [-0.25, -0.2) is 4.39 Å². The minimum atomic E-state index is -4.73. The van der Waals surface area contributed by atoms with E-state index in [1.54, 1.807) is 20.8 Å². The molecule has 0 unspecified atom stereocenters. The highest BCUT2D eigenvalue weighted by Crippen LogP contribution is 2.48. The molecule has 0 aliphatic carbocycles. The van der Waals surface area contributed by atoms with Gasteiger partial charge in [-0.15, -0.1) is 10.2 Å². The number of aryl methyl sites for hydroxylation is 1. The molecule has 5 rings (SSSR count). The highest BCUT2D eigenvalue weighted by Gasteiger charge is 2.39. The molecule has 1 N–H and O–H groups in total. The lowest BCUT2D eigenvalue weighted by Crippen LogP contribution is -2.36. The number of halogens is 6. The average molecular weight is 539 g/mol. The van der Waals surface area contributed by atoms with Crippen LogP contribution in [0.1, 0.15) is 31.2 Å². The number of alkyl halides is 5. The van der Waals surface area contributed by atoms with Crippen LogP contribution in [0.25, 0.3) is 27.7 Å². The summed E-state index contributed by atoms with van der Waals surface area (Å²) in [6.07, 6.45) is -4.73. The summed E-state index contributed by atoms with van der Waals surface area (Å²) in [5.41, 5.74) is -2.05. The fraction of sp³-hybridized carbons (Fsp3) is 0.360. The van der Waals surface area contributed by atoms with E-state index in [4.69, 9.17) is 9.47 Å². The van der Waals surface area contributed by atoms with Crippen LogP contribution in [0.3, 0.4) is 0 Å².